The molecule has 2 aromatic heterocycles. The zero-order valence-electron chi connectivity index (χ0n) is 18.4. The average Bonchev–Trinajstić information content (AvgIpc) is 3.27. The zero-order valence-corrected chi connectivity index (χ0v) is 18.4. The van der Waals surface area contributed by atoms with Gasteiger partial charge in [0, 0.05) is 11.6 Å². The van der Waals surface area contributed by atoms with Crippen LogP contribution in [0.2, 0.25) is 0 Å². The summed E-state index contributed by atoms with van der Waals surface area (Å²) in [6.45, 7) is 4.67. The predicted molar refractivity (Wildman–Crippen MR) is 124 cm³/mol. The molecule has 0 bridgehead atoms. The van der Waals surface area contributed by atoms with Crippen LogP contribution in [0.3, 0.4) is 0 Å². The normalized spacial score (nSPS) is 15.6. The maximum Gasteiger partial charge on any atom is 0.416 e. The van der Waals surface area contributed by atoms with Gasteiger partial charge in [-0.05, 0) is 72.9 Å². The second-order valence-electron chi connectivity index (χ2n) is 8.37. The topological polar surface area (TPSA) is 38.6 Å². The predicted octanol–water partition coefficient (Wildman–Crippen LogP) is 6.79. The number of ether oxygens (including phenoxy) is 1. The largest absolute Gasteiger partial charge is 0.416 e. The molecule has 4 aromatic rings. The molecule has 3 heterocycles. The van der Waals surface area contributed by atoms with Crippen LogP contribution in [0.5, 0.6) is 0 Å². The Labute approximate surface area is 189 Å². The van der Waals surface area contributed by atoms with Crippen molar-refractivity contribution in [3.8, 4) is 0 Å². The Morgan fingerprint density at radius 3 is 2.73 bits per heavy atom. The van der Waals surface area contributed by atoms with E-state index in [0.717, 1.165) is 34.6 Å². The van der Waals surface area contributed by atoms with Crippen molar-refractivity contribution in [2.24, 2.45) is 0 Å². The highest BCUT2D eigenvalue weighted by atomic mass is 19.4. The molecule has 1 aliphatic heterocycles. The van der Waals surface area contributed by atoms with Crippen molar-refractivity contribution in [2.45, 2.75) is 32.5 Å². The summed E-state index contributed by atoms with van der Waals surface area (Å²) in [7, 11) is 0. The quantitative estimate of drug-likeness (QED) is 0.371. The zero-order chi connectivity index (χ0) is 23.2. The van der Waals surface area contributed by atoms with Gasteiger partial charge in [-0.15, -0.1) is 0 Å². The Balaban J connectivity index is 1.60. The summed E-state index contributed by atoms with van der Waals surface area (Å²) in [5, 5.41) is 4.31. The molecule has 1 unspecified atom stereocenters. The molecule has 0 spiro atoms. The molecule has 170 valence electrons. The van der Waals surface area contributed by atoms with Gasteiger partial charge in [-0.2, -0.15) is 13.2 Å². The lowest BCUT2D eigenvalue weighted by Crippen LogP contribution is -2.14. The third-order valence-corrected chi connectivity index (χ3v) is 6.30. The average molecular weight is 451 g/mol. The standard InChI is InChI=1S/C26H24F3N3O/c1-16-20(5-3-6-22(16)26(27,28)29)17(2)30-25-21-15-19(18-10-13-33-14-11-18)8-9-23(21)32-12-4-7-24(32)31-25/h3-10,12,15,17H,11,13-14H2,1-2H3,(H,30,31). The Kier molecular flexibility index (Phi) is 5.37. The summed E-state index contributed by atoms with van der Waals surface area (Å²) in [4.78, 5) is 4.80. The van der Waals surface area contributed by atoms with Crippen LogP contribution in [-0.2, 0) is 10.9 Å². The molecule has 2 aromatic carbocycles. The summed E-state index contributed by atoms with van der Waals surface area (Å²) in [6, 6.07) is 14.1. The highest BCUT2D eigenvalue weighted by Gasteiger charge is 2.33. The minimum Gasteiger partial charge on any atom is -0.377 e. The van der Waals surface area contributed by atoms with Gasteiger partial charge in [-0.3, -0.25) is 0 Å². The van der Waals surface area contributed by atoms with Gasteiger partial charge in [0.05, 0.1) is 30.3 Å². The van der Waals surface area contributed by atoms with Gasteiger partial charge in [0.1, 0.15) is 11.5 Å². The molecule has 0 saturated heterocycles. The SMILES string of the molecule is Cc1c(C(C)Nc2nc3cccn3c3ccc(C4=CCOCC4)cc23)cccc1C(F)(F)F. The third-order valence-electron chi connectivity index (χ3n) is 6.30. The van der Waals surface area contributed by atoms with Crippen molar-refractivity contribution < 1.29 is 17.9 Å². The van der Waals surface area contributed by atoms with E-state index in [1.807, 2.05) is 29.7 Å². The van der Waals surface area contributed by atoms with Crippen LogP contribution in [0, 0.1) is 6.92 Å². The molecule has 1 aliphatic rings. The number of anilines is 1. The lowest BCUT2D eigenvalue weighted by molar-refractivity contribution is -0.138. The van der Waals surface area contributed by atoms with E-state index in [1.165, 1.54) is 18.6 Å². The monoisotopic (exact) mass is 451 g/mol. The first-order valence-corrected chi connectivity index (χ1v) is 10.9. The summed E-state index contributed by atoms with van der Waals surface area (Å²) in [5.74, 6) is 0.648. The maximum atomic E-state index is 13.4. The molecule has 0 radical (unpaired) electrons. The van der Waals surface area contributed by atoms with Gasteiger partial charge in [0.2, 0.25) is 0 Å². The fourth-order valence-corrected chi connectivity index (χ4v) is 4.59. The molecule has 1 N–H and O–H groups in total. The number of benzene rings is 2. The van der Waals surface area contributed by atoms with Crippen LogP contribution < -0.4 is 5.32 Å². The number of rotatable bonds is 4. The fourth-order valence-electron chi connectivity index (χ4n) is 4.59. The number of fused-ring (bicyclic) bond motifs is 3. The summed E-state index contributed by atoms with van der Waals surface area (Å²) < 4.78 is 47.8. The first-order chi connectivity index (χ1) is 15.8. The first-order valence-electron chi connectivity index (χ1n) is 10.9. The van der Waals surface area contributed by atoms with Gasteiger partial charge in [-0.1, -0.05) is 24.3 Å². The van der Waals surface area contributed by atoms with E-state index < -0.39 is 11.7 Å². The van der Waals surface area contributed by atoms with Crippen LogP contribution in [0.15, 0.2) is 60.8 Å². The van der Waals surface area contributed by atoms with Crippen molar-refractivity contribution in [2.75, 3.05) is 18.5 Å². The Bertz CT molecular complexity index is 1370. The van der Waals surface area contributed by atoms with E-state index in [4.69, 9.17) is 9.72 Å². The first kappa shape index (κ1) is 21.5. The molecular weight excluding hydrogens is 427 g/mol. The molecule has 0 aliphatic carbocycles. The number of nitrogens with zero attached hydrogens (tertiary/aromatic N) is 2. The lowest BCUT2D eigenvalue weighted by atomic mass is 9.97. The van der Waals surface area contributed by atoms with Crippen molar-refractivity contribution in [1.29, 1.82) is 0 Å². The Hall–Kier alpha value is -3.32. The van der Waals surface area contributed by atoms with E-state index in [1.54, 1.807) is 6.07 Å². The van der Waals surface area contributed by atoms with Gasteiger partial charge >= 0.3 is 6.18 Å². The van der Waals surface area contributed by atoms with Crippen LogP contribution in [0.4, 0.5) is 19.0 Å². The molecule has 33 heavy (non-hydrogen) atoms. The highest BCUT2D eigenvalue weighted by Crippen LogP contribution is 2.36. The van der Waals surface area contributed by atoms with Gasteiger partial charge in [0.15, 0.2) is 0 Å². The van der Waals surface area contributed by atoms with Crippen molar-refractivity contribution in [3.63, 3.8) is 0 Å². The van der Waals surface area contributed by atoms with Crippen LogP contribution in [-0.4, -0.2) is 22.6 Å². The van der Waals surface area contributed by atoms with E-state index >= 15 is 0 Å². The minimum absolute atomic E-state index is 0.228. The molecule has 4 nitrogen and oxygen atoms in total. The summed E-state index contributed by atoms with van der Waals surface area (Å²) >= 11 is 0. The number of aromatic nitrogens is 2. The Morgan fingerprint density at radius 2 is 1.97 bits per heavy atom. The number of hydrogen-bond donors (Lipinski definition) is 1. The van der Waals surface area contributed by atoms with Crippen LogP contribution in [0.1, 0.15) is 41.6 Å². The molecule has 7 heteroatoms. The van der Waals surface area contributed by atoms with E-state index in [0.29, 0.717) is 24.6 Å². The van der Waals surface area contributed by atoms with E-state index in [9.17, 15) is 13.2 Å². The molecule has 0 fully saturated rings. The van der Waals surface area contributed by atoms with Gasteiger partial charge in [-0.25, -0.2) is 4.98 Å². The second-order valence-corrected chi connectivity index (χ2v) is 8.37. The Morgan fingerprint density at radius 1 is 1.12 bits per heavy atom. The van der Waals surface area contributed by atoms with Crippen molar-refractivity contribution >= 4 is 27.9 Å². The second kappa shape index (κ2) is 8.23. The number of halogens is 3. The molecular formula is C26H24F3N3O. The van der Waals surface area contributed by atoms with E-state index in [-0.39, 0.29) is 11.6 Å². The fraction of sp³-hybridized carbons (Fsp3) is 0.269. The smallest absolute Gasteiger partial charge is 0.377 e. The van der Waals surface area contributed by atoms with E-state index in [2.05, 4.69) is 29.6 Å². The number of hydrogen-bond acceptors (Lipinski definition) is 3. The molecule has 0 saturated carbocycles. The minimum atomic E-state index is -4.39. The molecule has 5 rings (SSSR count). The summed E-state index contributed by atoms with van der Waals surface area (Å²) in [6.07, 6.45) is 0.505. The molecule has 0 amide bonds. The maximum absolute atomic E-state index is 13.4. The van der Waals surface area contributed by atoms with Crippen molar-refractivity contribution in [3.05, 3.63) is 83.1 Å². The molecule has 1 atom stereocenters. The lowest BCUT2D eigenvalue weighted by Gasteiger charge is -2.22. The number of alkyl halides is 3. The van der Waals surface area contributed by atoms with Crippen molar-refractivity contribution in [1.82, 2.24) is 9.38 Å². The highest BCUT2D eigenvalue weighted by molar-refractivity contribution is 5.94. The summed E-state index contributed by atoms with van der Waals surface area (Å²) in [5.41, 5.74) is 4.30. The van der Waals surface area contributed by atoms with Crippen LogP contribution >= 0.6 is 0 Å². The van der Waals surface area contributed by atoms with Gasteiger partial charge in [0.25, 0.3) is 0 Å². The van der Waals surface area contributed by atoms with Crippen LogP contribution in [0.25, 0.3) is 22.1 Å². The number of nitrogens with one attached hydrogen (secondary N) is 1. The van der Waals surface area contributed by atoms with Gasteiger partial charge < -0.3 is 14.5 Å². The third kappa shape index (κ3) is 3.97.